The number of anilines is 1. The fourth-order valence-corrected chi connectivity index (χ4v) is 2.40. The van der Waals surface area contributed by atoms with Crippen molar-refractivity contribution in [2.45, 2.75) is 19.8 Å². The van der Waals surface area contributed by atoms with Crippen molar-refractivity contribution in [2.75, 3.05) is 5.73 Å². The van der Waals surface area contributed by atoms with Gasteiger partial charge in [-0.15, -0.1) is 0 Å². The first-order valence-corrected chi connectivity index (χ1v) is 7.49. The van der Waals surface area contributed by atoms with Crippen molar-refractivity contribution in [2.24, 2.45) is 0 Å². The normalized spacial score (nSPS) is 10.9. The van der Waals surface area contributed by atoms with E-state index in [9.17, 15) is 4.79 Å². The first-order chi connectivity index (χ1) is 11.1. The molecule has 3 aromatic rings. The molecular formula is C16H14ClN3O3. The number of para-hydroxylation sites is 2. The molecule has 7 heteroatoms. The van der Waals surface area contributed by atoms with Gasteiger partial charge in [0.15, 0.2) is 5.58 Å². The Morgan fingerprint density at radius 3 is 2.83 bits per heavy atom. The molecule has 0 spiro atoms. The molecule has 118 valence electrons. The zero-order chi connectivity index (χ0) is 16.4. The number of benzene rings is 1. The number of pyridine rings is 1. The second-order valence-electron chi connectivity index (χ2n) is 4.93. The highest BCUT2D eigenvalue weighted by Crippen LogP contribution is 2.35. The van der Waals surface area contributed by atoms with Gasteiger partial charge in [-0.25, -0.2) is 9.97 Å². The van der Waals surface area contributed by atoms with Crippen LogP contribution >= 0.6 is 11.6 Å². The smallest absolute Gasteiger partial charge is 0.312 e. The number of carbonyl (C=O) groups is 1. The van der Waals surface area contributed by atoms with Gasteiger partial charge in [-0.1, -0.05) is 30.7 Å². The Morgan fingerprint density at radius 1 is 1.35 bits per heavy atom. The summed E-state index contributed by atoms with van der Waals surface area (Å²) in [6, 6.07) is 8.75. The summed E-state index contributed by atoms with van der Waals surface area (Å²) in [4.78, 5) is 19.9. The van der Waals surface area contributed by atoms with Crippen molar-refractivity contribution >= 4 is 34.4 Å². The van der Waals surface area contributed by atoms with Gasteiger partial charge in [-0.05, 0) is 18.6 Å². The number of esters is 1. The second-order valence-corrected chi connectivity index (χ2v) is 5.28. The molecule has 2 aromatic heterocycles. The number of nitrogens with two attached hydrogens (primary N) is 1. The van der Waals surface area contributed by atoms with E-state index in [1.54, 1.807) is 6.07 Å². The van der Waals surface area contributed by atoms with E-state index in [-0.39, 0.29) is 28.6 Å². The van der Waals surface area contributed by atoms with Crippen LogP contribution in [0.4, 0.5) is 5.69 Å². The summed E-state index contributed by atoms with van der Waals surface area (Å²) in [6.07, 6.45) is 0.981. The number of aromatic nitrogens is 2. The molecule has 0 aliphatic carbocycles. The van der Waals surface area contributed by atoms with Crippen LogP contribution in [0.3, 0.4) is 0 Å². The summed E-state index contributed by atoms with van der Waals surface area (Å²) >= 11 is 6.17. The van der Waals surface area contributed by atoms with Crippen molar-refractivity contribution < 1.29 is 13.9 Å². The molecule has 0 saturated carbocycles. The molecule has 3 rings (SSSR count). The molecule has 0 radical (unpaired) electrons. The zero-order valence-electron chi connectivity index (χ0n) is 12.4. The van der Waals surface area contributed by atoms with E-state index >= 15 is 0 Å². The van der Waals surface area contributed by atoms with E-state index < -0.39 is 0 Å². The number of oxazole rings is 1. The minimum atomic E-state index is -0.384. The van der Waals surface area contributed by atoms with Crippen LogP contribution in [0.1, 0.15) is 19.8 Å². The van der Waals surface area contributed by atoms with Crippen LogP contribution in [0.5, 0.6) is 5.88 Å². The van der Waals surface area contributed by atoms with E-state index in [1.165, 1.54) is 6.07 Å². The monoisotopic (exact) mass is 331 g/mol. The lowest BCUT2D eigenvalue weighted by Gasteiger charge is -2.07. The number of nitrogens with zero attached hydrogens (tertiary/aromatic N) is 2. The Morgan fingerprint density at radius 2 is 2.13 bits per heavy atom. The molecule has 2 N–H and O–H groups in total. The highest BCUT2D eigenvalue weighted by Gasteiger charge is 2.18. The molecule has 0 atom stereocenters. The summed E-state index contributed by atoms with van der Waals surface area (Å²) in [5.74, 6) is -0.0523. The molecule has 0 amide bonds. The number of halogens is 1. The van der Waals surface area contributed by atoms with Gasteiger partial charge >= 0.3 is 5.97 Å². The van der Waals surface area contributed by atoms with Gasteiger partial charge in [-0.2, -0.15) is 0 Å². The lowest BCUT2D eigenvalue weighted by atomic mass is 10.2. The molecule has 23 heavy (non-hydrogen) atoms. The molecule has 2 heterocycles. The standard InChI is InChI=1S/C16H14ClN3O3/c1-2-5-13(21)23-12-8-9(18)14(15(17)20-12)16-19-10-6-3-4-7-11(10)22-16/h3-4,6-8H,2,5H2,1H3,(H2,18,20). The number of fused-ring (bicyclic) bond motifs is 1. The summed E-state index contributed by atoms with van der Waals surface area (Å²) < 4.78 is 10.8. The number of carbonyl (C=O) groups excluding carboxylic acids is 1. The number of nitrogen functional groups attached to an aromatic ring is 1. The van der Waals surface area contributed by atoms with Crippen LogP contribution in [0.2, 0.25) is 5.15 Å². The van der Waals surface area contributed by atoms with Crippen LogP contribution in [-0.4, -0.2) is 15.9 Å². The number of hydrogen-bond donors (Lipinski definition) is 1. The fourth-order valence-electron chi connectivity index (χ4n) is 2.12. The van der Waals surface area contributed by atoms with Crippen molar-refractivity contribution in [3.05, 3.63) is 35.5 Å². The average Bonchev–Trinajstić information content (AvgIpc) is 2.89. The van der Waals surface area contributed by atoms with Crippen LogP contribution in [0.25, 0.3) is 22.6 Å². The maximum atomic E-state index is 11.5. The third kappa shape index (κ3) is 3.12. The largest absolute Gasteiger partial charge is 0.436 e. The Hall–Kier alpha value is -2.60. The highest BCUT2D eigenvalue weighted by atomic mass is 35.5. The van der Waals surface area contributed by atoms with Crippen molar-refractivity contribution in [1.82, 2.24) is 9.97 Å². The van der Waals surface area contributed by atoms with Gasteiger partial charge in [-0.3, -0.25) is 4.79 Å². The Labute approximate surface area is 137 Å². The predicted molar refractivity (Wildman–Crippen MR) is 87.2 cm³/mol. The van der Waals surface area contributed by atoms with Gasteiger partial charge in [0, 0.05) is 12.5 Å². The highest BCUT2D eigenvalue weighted by molar-refractivity contribution is 6.32. The summed E-state index contributed by atoms with van der Waals surface area (Å²) in [7, 11) is 0. The number of hydrogen-bond acceptors (Lipinski definition) is 6. The summed E-state index contributed by atoms with van der Waals surface area (Å²) in [5, 5.41) is 0.0656. The first-order valence-electron chi connectivity index (χ1n) is 7.11. The van der Waals surface area contributed by atoms with E-state index in [0.29, 0.717) is 29.5 Å². The molecule has 0 saturated heterocycles. The predicted octanol–water partition coefficient (Wildman–Crippen LogP) is 3.83. The van der Waals surface area contributed by atoms with Crippen molar-refractivity contribution in [3.8, 4) is 17.3 Å². The second kappa shape index (κ2) is 6.26. The summed E-state index contributed by atoms with van der Waals surface area (Å²) in [6.45, 7) is 1.88. The molecule has 1 aromatic carbocycles. The lowest BCUT2D eigenvalue weighted by molar-refractivity contribution is -0.134. The maximum Gasteiger partial charge on any atom is 0.312 e. The molecule has 6 nitrogen and oxygen atoms in total. The SMILES string of the molecule is CCCC(=O)Oc1cc(N)c(-c2nc3ccccc3o2)c(Cl)n1. The van der Waals surface area contributed by atoms with Gasteiger partial charge in [0.2, 0.25) is 11.8 Å². The zero-order valence-corrected chi connectivity index (χ0v) is 13.1. The molecule has 0 bridgehead atoms. The number of rotatable bonds is 4. The Balaban J connectivity index is 1.98. The average molecular weight is 332 g/mol. The minimum Gasteiger partial charge on any atom is -0.436 e. The van der Waals surface area contributed by atoms with Gasteiger partial charge in [0.05, 0.1) is 11.3 Å². The molecule has 0 aliphatic heterocycles. The van der Waals surface area contributed by atoms with Gasteiger partial charge in [0.25, 0.3) is 0 Å². The summed E-state index contributed by atoms with van der Waals surface area (Å²) in [5.41, 5.74) is 7.97. The Bertz CT molecular complexity index is 820. The topological polar surface area (TPSA) is 91.2 Å². The number of ether oxygens (including phenoxy) is 1. The maximum absolute atomic E-state index is 11.5. The van der Waals surface area contributed by atoms with E-state index in [1.807, 2.05) is 25.1 Å². The van der Waals surface area contributed by atoms with Crippen LogP contribution in [0, 0.1) is 0 Å². The molecule has 0 aliphatic rings. The molecule has 0 fully saturated rings. The lowest BCUT2D eigenvalue weighted by Crippen LogP contribution is -2.09. The minimum absolute atomic E-state index is 0.0609. The van der Waals surface area contributed by atoms with Crippen LogP contribution < -0.4 is 10.5 Å². The van der Waals surface area contributed by atoms with Crippen LogP contribution in [-0.2, 0) is 4.79 Å². The third-order valence-electron chi connectivity index (χ3n) is 3.16. The van der Waals surface area contributed by atoms with Crippen molar-refractivity contribution in [3.63, 3.8) is 0 Å². The fraction of sp³-hybridized carbons (Fsp3) is 0.188. The quantitative estimate of drug-likeness (QED) is 0.577. The Kier molecular flexibility index (Phi) is 4.16. The molecule has 0 unspecified atom stereocenters. The van der Waals surface area contributed by atoms with E-state index in [4.69, 9.17) is 26.5 Å². The van der Waals surface area contributed by atoms with Gasteiger partial charge < -0.3 is 14.9 Å². The van der Waals surface area contributed by atoms with Crippen molar-refractivity contribution in [1.29, 1.82) is 0 Å². The first kappa shape index (κ1) is 15.3. The van der Waals surface area contributed by atoms with E-state index in [0.717, 1.165) is 0 Å². The van der Waals surface area contributed by atoms with Gasteiger partial charge in [0.1, 0.15) is 10.7 Å². The van der Waals surface area contributed by atoms with Crippen LogP contribution in [0.15, 0.2) is 34.7 Å². The third-order valence-corrected chi connectivity index (χ3v) is 3.44. The van der Waals surface area contributed by atoms with E-state index in [2.05, 4.69) is 9.97 Å². The molecular weight excluding hydrogens is 318 g/mol.